The summed E-state index contributed by atoms with van der Waals surface area (Å²) in [7, 11) is 0. The van der Waals surface area contributed by atoms with Gasteiger partial charge in [0, 0.05) is 74.4 Å². The molecular formula is C60H35B2N3O4. The number of anilines is 6. The van der Waals surface area contributed by atoms with Crippen LogP contribution in [0.4, 0.5) is 34.1 Å². The Kier molecular flexibility index (Phi) is 7.39. The smallest absolute Gasteiger partial charge is 0.265 e. The molecule has 0 atom stereocenters. The number of ether oxygens (including phenoxy) is 4. The molecule has 10 aromatic carbocycles. The van der Waals surface area contributed by atoms with Gasteiger partial charge in [-0.2, -0.15) is 0 Å². The van der Waals surface area contributed by atoms with Gasteiger partial charge in [-0.05, 0) is 101 Å². The molecule has 9 heteroatoms. The van der Waals surface area contributed by atoms with Crippen LogP contribution in [0.1, 0.15) is 0 Å². The topological polar surface area (TPSA) is 48.3 Å². The van der Waals surface area contributed by atoms with E-state index in [1.807, 2.05) is 6.07 Å². The molecule has 0 amide bonds. The fourth-order valence-electron chi connectivity index (χ4n) is 11.9. The lowest BCUT2D eigenvalue weighted by Crippen LogP contribution is -2.63. The molecule has 0 spiro atoms. The van der Waals surface area contributed by atoms with Crippen LogP contribution in [0.3, 0.4) is 0 Å². The average molecular weight is 884 g/mol. The van der Waals surface area contributed by atoms with Gasteiger partial charge < -0.3 is 33.3 Å². The summed E-state index contributed by atoms with van der Waals surface area (Å²) in [6.07, 6.45) is 0. The molecule has 6 heterocycles. The average Bonchev–Trinajstić information content (AvgIpc) is 3.73. The van der Waals surface area contributed by atoms with Gasteiger partial charge in [-0.3, -0.25) is 0 Å². The van der Waals surface area contributed by atoms with Crippen LogP contribution >= 0.6 is 0 Å². The summed E-state index contributed by atoms with van der Waals surface area (Å²) in [5.41, 5.74) is 15.5. The summed E-state index contributed by atoms with van der Waals surface area (Å²) in [5.74, 6) is 6.04. The van der Waals surface area contributed by atoms with E-state index >= 15 is 0 Å². The highest BCUT2D eigenvalue weighted by atomic mass is 16.5. The van der Waals surface area contributed by atoms with E-state index in [2.05, 4.69) is 221 Å². The Morgan fingerprint density at radius 3 is 1.43 bits per heavy atom. The van der Waals surface area contributed by atoms with Crippen molar-refractivity contribution in [1.29, 1.82) is 0 Å². The molecule has 0 fully saturated rings. The van der Waals surface area contributed by atoms with Gasteiger partial charge >= 0.3 is 0 Å². The molecule has 2 bridgehead atoms. The number of hydrogen-bond acceptors (Lipinski definition) is 6. The predicted octanol–water partition coefficient (Wildman–Crippen LogP) is 11.5. The monoisotopic (exact) mass is 883 g/mol. The SMILES string of the molecule is c1ccc(N(c2ccccc2)c2cc3c4c(c2)N(c2ccccc2)c2cccc5c2B4c2cc4c(cc2O3)Oc2cc(-n3c6ccccc6c6ccccc63)cc3c2B4c2c(cccc2O5)O3)cc1. The van der Waals surface area contributed by atoms with Crippen LogP contribution < -0.4 is 61.5 Å². The second kappa shape index (κ2) is 13.7. The number of rotatable bonds is 5. The maximum absolute atomic E-state index is 7.39. The molecule has 0 N–H and O–H groups in total. The standard InChI is InChI=1S/C60H35B2N3O4/c1-4-16-36(17-5-1)63(37-18-6-2-7-19-37)39-30-48-58-54(31-39)68-52-35-53-44-34-43(52)61(58)57-47(64(48)38-20-8-3-9-21-38)26-14-27-49(57)66-50-28-15-29-51-59(50)62(44)60-55(67-51)32-40(33-56(60)69-53)65-45-24-12-10-22-41(45)42-23-11-13-25-46(42)65/h1-35H. The first-order chi connectivity index (χ1) is 34.2. The van der Waals surface area contributed by atoms with E-state index in [9.17, 15) is 0 Å². The van der Waals surface area contributed by atoms with E-state index in [4.69, 9.17) is 18.9 Å². The van der Waals surface area contributed by atoms with Gasteiger partial charge in [0.05, 0.1) is 22.4 Å². The number of fused-ring (bicyclic) bond motifs is 3. The molecule has 1 aromatic heterocycles. The highest BCUT2D eigenvalue weighted by Gasteiger charge is 2.49. The van der Waals surface area contributed by atoms with Crippen LogP contribution in [-0.4, -0.2) is 18.0 Å². The van der Waals surface area contributed by atoms with Crippen molar-refractivity contribution < 1.29 is 18.9 Å². The number of aromatic nitrogens is 1. The van der Waals surface area contributed by atoms with E-state index in [0.717, 1.165) is 130 Å². The second-order valence-electron chi connectivity index (χ2n) is 18.3. The molecule has 0 saturated heterocycles. The van der Waals surface area contributed by atoms with E-state index in [0.29, 0.717) is 0 Å². The summed E-state index contributed by atoms with van der Waals surface area (Å²) >= 11 is 0. The van der Waals surface area contributed by atoms with Crippen molar-refractivity contribution in [2.75, 3.05) is 9.80 Å². The van der Waals surface area contributed by atoms with E-state index in [1.54, 1.807) is 0 Å². The minimum atomic E-state index is -0.251. The van der Waals surface area contributed by atoms with Crippen molar-refractivity contribution in [3.05, 3.63) is 212 Å². The molecular weight excluding hydrogens is 848 g/mol. The third kappa shape index (κ3) is 5.13. The Bertz CT molecular complexity index is 3920. The van der Waals surface area contributed by atoms with Gasteiger partial charge in [-0.15, -0.1) is 0 Å². The van der Waals surface area contributed by atoms with Crippen molar-refractivity contribution in [2.45, 2.75) is 0 Å². The lowest BCUT2D eigenvalue weighted by molar-refractivity contribution is 0.451. The fraction of sp³-hybridized carbons (Fsp3) is 0. The van der Waals surface area contributed by atoms with E-state index in [1.165, 1.54) is 10.8 Å². The first-order valence-electron chi connectivity index (χ1n) is 23.5. The summed E-state index contributed by atoms with van der Waals surface area (Å²) in [6, 6.07) is 74.9. The summed E-state index contributed by atoms with van der Waals surface area (Å²) < 4.78 is 31.3. The van der Waals surface area contributed by atoms with Crippen molar-refractivity contribution >= 4 is 102 Å². The Morgan fingerprint density at radius 1 is 0.319 bits per heavy atom. The first kappa shape index (κ1) is 37.1. The van der Waals surface area contributed by atoms with E-state index in [-0.39, 0.29) is 13.4 Å². The van der Waals surface area contributed by atoms with Crippen LogP contribution in [0.15, 0.2) is 212 Å². The lowest BCUT2D eigenvalue weighted by Gasteiger charge is -2.43. The summed E-state index contributed by atoms with van der Waals surface area (Å²) in [5, 5.41) is 2.38. The van der Waals surface area contributed by atoms with Crippen molar-refractivity contribution in [3.63, 3.8) is 0 Å². The molecule has 11 aromatic rings. The molecule has 7 nitrogen and oxygen atoms in total. The summed E-state index contributed by atoms with van der Waals surface area (Å²) in [6.45, 7) is -0.492. The molecule has 0 radical (unpaired) electrons. The zero-order valence-electron chi connectivity index (χ0n) is 36.8. The van der Waals surface area contributed by atoms with Gasteiger partial charge in [0.25, 0.3) is 13.4 Å². The molecule has 0 unspecified atom stereocenters. The lowest BCUT2D eigenvalue weighted by atomic mass is 9.31. The highest BCUT2D eigenvalue weighted by Crippen LogP contribution is 2.49. The van der Waals surface area contributed by atoms with Gasteiger partial charge in [-0.25, -0.2) is 0 Å². The quantitative estimate of drug-likeness (QED) is 0.161. The van der Waals surface area contributed by atoms with Crippen LogP contribution in [-0.2, 0) is 0 Å². The van der Waals surface area contributed by atoms with E-state index < -0.39 is 0 Å². The number of para-hydroxylation sites is 5. The molecule has 0 aliphatic carbocycles. The maximum atomic E-state index is 7.39. The Labute approximate surface area is 397 Å². The largest absolute Gasteiger partial charge is 0.458 e. The normalized spacial score (nSPS) is 13.6. The predicted molar refractivity (Wildman–Crippen MR) is 279 cm³/mol. The van der Waals surface area contributed by atoms with Crippen LogP contribution in [0.2, 0.25) is 0 Å². The second-order valence-corrected chi connectivity index (χ2v) is 18.3. The Morgan fingerprint density at radius 2 is 0.797 bits per heavy atom. The van der Waals surface area contributed by atoms with Gasteiger partial charge in [0.1, 0.15) is 46.0 Å². The van der Waals surface area contributed by atoms with Crippen molar-refractivity contribution in [1.82, 2.24) is 4.57 Å². The van der Waals surface area contributed by atoms with Gasteiger partial charge in [0.15, 0.2) is 0 Å². The minimum Gasteiger partial charge on any atom is -0.458 e. The molecule has 69 heavy (non-hydrogen) atoms. The maximum Gasteiger partial charge on any atom is 0.265 e. The third-order valence-electron chi connectivity index (χ3n) is 14.7. The van der Waals surface area contributed by atoms with Crippen molar-refractivity contribution in [3.8, 4) is 51.7 Å². The third-order valence-corrected chi connectivity index (χ3v) is 14.7. The van der Waals surface area contributed by atoms with Crippen LogP contribution in [0, 0.1) is 0 Å². The zero-order valence-corrected chi connectivity index (χ0v) is 36.8. The Hall–Kier alpha value is -9.07. The summed E-state index contributed by atoms with van der Waals surface area (Å²) in [4.78, 5) is 4.68. The zero-order chi connectivity index (χ0) is 44.9. The fourth-order valence-corrected chi connectivity index (χ4v) is 11.9. The molecule has 0 saturated carbocycles. The number of nitrogens with zero attached hydrogens (tertiary/aromatic N) is 3. The van der Waals surface area contributed by atoms with Gasteiger partial charge in [-0.1, -0.05) is 109 Å². The number of benzene rings is 10. The molecule has 5 aliphatic rings. The molecule has 5 aliphatic heterocycles. The van der Waals surface area contributed by atoms with Crippen LogP contribution in [0.25, 0.3) is 27.5 Å². The minimum absolute atomic E-state index is 0.241. The first-order valence-corrected chi connectivity index (χ1v) is 23.5. The van der Waals surface area contributed by atoms with Crippen LogP contribution in [0.5, 0.6) is 46.0 Å². The molecule has 320 valence electrons. The van der Waals surface area contributed by atoms with Gasteiger partial charge in [0.2, 0.25) is 0 Å². The Balaban J connectivity index is 0.963. The molecule has 16 rings (SSSR count). The highest BCUT2D eigenvalue weighted by molar-refractivity contribution is 7.02. The van der Waals surface area contributed by atoms with Crippen molar-refractivity contribution in [2.24, 2.45) is 0 Å². The number of hydrogen-bond donors (Lipinski definition) is 0.